The summed E-state index contributed by atoms with van der Waals surface area (Å²) in [6, 6.07) is 2.04. The van der Waals surface area contributed by atoms with Crippen molar-refractivity contribution in [2.24, 2.45) is 10.9 Å². The Morgan fingerprint density at radius 2 is 2.55 bits per heavy atom. The van der Waals surface area contributed by atoms with E-state index in [4.69, 9.17) is 10.00 Å². The van der Waals surface area contributed by atoms with E-state index in [0.717, 1.165) is 0 Å². The van der Waals surface area contributed by atoms with E-state index < -0.39 is 0 Å². The van der Waals surface area contributed by atoms with Crippen molar-refractivity contribution in [1.29, 1.82) is 5.26 Å². The Morgan fingerprint density at radius 3 is 3.36 bits per heavy atom. The molecule has 0 bridgehead atoms. The summed E-state index contributed by atoms with van der Waals surface area (Å²) >= 11 is 0. The summed E-state index contributed by atoms with van der Waals surface area (Å²) in [5, 5.41) is 8.54. The second-order valence-electron chi connectivity index (χ2n) is 2.44. The van der Waals surface area contributed by atoms with Gasteiger partial charge in [0.15, 0.2) is 6.23 Å². The van der Waals surface area contributed by atoms with E-state index in [1.54, 1.807) is 12.5 Å². The molecule has 0 spiro atoms. The zero-order valence-electron chi connectivity index (χ0n) is 5.77. The number of allylic oxidation sites excluding steroid dienone is 1. The normalized spacial score (nSPS) is 32.1. The number of dihydropyridines is 1. The number of rotatable bonds is 0. The van der Waals surface area contributed by atoms with Gasteiger partial charge < -0.3 is 4.74 Å². The molecule has 0 saturated carbocycles. The molecule has 2 unspecified atom stereocenters. The molecule has 54 valence electrons. The average molecular weight is 146 g/mol. The highest BCUT2D eigenvalue weighted by molar-refractivity contribution is 5.84. The first kappa shape index (κ1) is 6.17. The quantitative estimate of drug-likeness (QED) is 0.512. The Morgan fingerprint density at radius 1 is 1.64 bits per heavy atom. The summed E-state index contributed by atoms with van der Waals surface area (Å²) in [5.41, 5.74) is 0.612. The highest BCUT2D eigenvalue weighted by Crippen LogP contribution is 2.23. The van der Waals surface area contributed by atoms with Gasteiger partial charge in [-0.2, -0.15) is 5.26 Å². The van der Waals surface area contributed by atoms with Gasteiger partial charge in [0.05, 0.1) is 17.8 Å². The molecule has 2 rings (SSSR count). The van der Waals surface area contributed by atoms with Gasteiger partial charge in [0, 0.05) is 6.21 Å². The molecule has 0 amide bonds. The molecule has 0 radical (unpaired) electrons. The summed E-state index contributed by atoms with van der Waals surface area (Å²) in [7, 11) is 0. The predicted molar refractivity (Wildman–Crippen MR) is 39.7 cm³/mol. The third-order valence-electron chi connectivity index (χ3n) is 1.71. The van der Waals surface area contributed by atoms with E-state index in [1.807, 2.05) is 18.2 Å². The number of nitriles is 1. The van der Waals surface area contributed by atoms with Crippen molar-refractivity contribution in [3.8, 4) is 6.07 Å². The van der Waals surface area contributed by atoms with Crippen molar-refractivity contribution in [3.63, 3.8) is 0 Å². The summed E-state index contributed by atoms with van der Waals surface area (Å²) in [4.78, 5) is 4.04. The van der Waals surface area contributed by atoms with Crippen molar-refractivity contribution >= 4 is 6.21 Å². The molecule has 2 aliphatic heterocycles. The third-order valence-corrected chi connectivity index (χ3v) is 1.71. The first-order chi connectivity index (χ1) is 5.40. The molecule has 0 fully saturated rings. The van der Waals surface area contributed by atoms with Crippen molar-refractivity contribution in [3.05, 3.63) is 24.0 Å². The maximum Gasteiger partial charge on any atom is 0.198 e. The van der Waals surface area contributed by atoms with Gasteiger partial charge in [0.25, 0.3) is 0 Å². The number of aliphatic imine (C=N–C) groups is 1. The van der Waals surface area contributed by atoms with E-state index in [-0.39, 0.29) is 12.1 Å². The molecule has 2 aliphatic rings. The highest BCUT2D eigenvalue weighted by atomic mass is 16.5. The number of nitrogens with zero attached hydrogens (tertiary/aromatic N) is 2. The SMILES string of the molecule is N#CC1=CC2C=COC2N=C1. The van der Waals surface area contributed by atoms with Gasteiger partial charge in [-0.3, -0.25) is 0 Å². The fraction of sp³-hybridized carbons (Fsp3) is 0.250. The topological polar surface area (TPSA) is 45.4 Å². The van der Waals surface area contributed by atoms with Gasteiger partial charge in [0.1, 0.15) is 6.07 Å². The first-order valence-corrected chi connectivity index (χ1v) is 3.37. The summed E-state index contributed by atoms with van der Waals surface area (Å²) in [5.74, 6) is 0.162. The molecule has 0 saturated heterocycles. The van der Waals surface area contributed by atoms with Crippen molar-refractivity contribution in [1.82, 2.24) is 0 Å². The van der Waals surface area contributed by atoms with Crippen LogP contribution < -0.4 is 0 Å². The lowest BCUT2D eigenvalue weighted by Gasteiger charge is -2.13. The molecule has 0 aliphatic carbocycles. The highest BCUT2D eigenvalue weighted by Gasteiger charge is 2.24. The summed E-state index contributed by atoms with van der Waals surface area (Å²) in [6.07, 6.45) is 6.82. The Hall–Kier alpha value is -1.56. The Bertz CT molecular complexity index is 296. The molecular formula is C8H6N2O. The van der Waals surface area contributed by atoms with Crippen LogP contribution in [-0.4, -0.2) is 12.4 Å². The summed E-state index contributed by atoms with van der Waals surface area (Å²) in [6.45, 7) is 0. The second-order valence-corrected chi connectivity index (χ2v) is 2.44. The number of hydrogen-bond acceptors (Lipinski definition) is 3. The molecule has 0 aromatic heterocycles. The molecule has 0 aromatic carbocycles. The van der Waals surface area contributed by atoms with Crippen LogP contribution in [0.2, 0.25) is 0 Å². The monoisotopic (exact) mass is 146 g/mol. The number of ether oxygens (including phenoxy) is 1. The smallest absolute Gasteiger partial charge is 0.198 e. The van der Waals surface area contributed by atoms with Crippen LogP contribution >= 0.6 is 0 Å². The van der Waals surface area contributed by atoms with Crippen LogP contribution in [-0.2, 0) is 4.74 Å². The maximum absolute atomic E-state index is 8.54. The molecule has 2 heterocycles. The Balaban J connectivity index is 2.28. The van der Waals surface area contributed by atoms with Gasteiger partial charge in [-0.25, -0.2) is 4.99 Å². The van der Waals surface area contributed by atoms with Crippen LogP contribution in [0.15, 0.2) is 29.0 Å². The van der Waals surface area contributed by atoms with Crippen LogP contribution in [0.3, 0.4) is 0 Å². The lowest BCUT2D eigenvalue weighted by molar-refractivity contribution is 0.157. The molecule has 2 atom stereocenters. The van der Waals surface area contributed by atoms with Crippen molar-refractivity contribution < 1.29 is 4.74 Å². The fourth-order valence-electron chi connectivity index (χ4n) is 1.15. The van der Waals surface area contributed by atoms with Crippen LogP contribution in [0.4, 0.5) is 0 Å². The molecule has 3 nitrogen and oxygen atoms in total. The standard InChI is InChI=1S/C8H6N2O/c9-4-6-3-7-1-2-11-8(7)10-5-6/h1-3,5,7-8H. The Labute approximate surface area is 64.3 Å². The minimum absolute atomic E-state index is 0.118. The zero-order chi connectivity index (χ0) is 7.68. The molecule has 0 aromatic rings. The lowest BCUT2D eigenvalue weighted by Crippen LogP contribution is -2.16. The van der Waals surface area contributed by atoms with Gasteiger partial charge in [-0.05, 0) is 6.08 Å². The van der Waals surface area contributed by atoms with E-state index in [0.29, 0.717) is 5.57 Å². The van der Waals surface area contributed by atoms with Crippen LogP contribution in [0.1, 0.15) is 0 Å². The molecule has 0 N–H and O–H groups in total. The average Bonchev–Trinajstić information content (AvgIpc) is 2.50. The van der Waals surface area contributed by atoms with E-state index in [9.17, 15) is 0 Å². The number of hydrogen-bond donors (Lipinski definition) is 0. The van der Waals surface area contributed by atoms with Crippen molar-refractivity contribution in [2.45, 2.75) is 6.23 Å². The zero-order valence-corrected chi connectivity index (χ0v) is 5.77. The van der Waals surface area contributed by atoms with Crippen LogP contribution in [0.5, 0.6) is 0 Å². The predicted octanol–water partition coefficient (Wildman–Crippen LogP) is 1.01. The lowest BCUT2D eigenvalue weighted by atomic mass is 10.0. The second kappa shape index (κ2) is 2.24. The van der Waals surface area contributed by atoms with E-state index in [1.165, 1.54) is 0 Å². The largest absolute Gasteiger partial charge is 0.476 e. The fourth-order valence-corrected chi connectivity index (χ4v) is 1.15. The van der Waals surface area contributed by atoms with Crippen LogP contribution in [0, 0.1) is 17.2 Å². The van der Waals surface area contributed by atoms with Gasteiger partial charge in [-0.15, -0.1) is 0 Å². The van der Waals surface area contributed by atoms with Gasteiger partial charge in [-0.1, -0.05) is 6.08 Å². The van der Waals surface area contributed by atoms with E-state index in [2.05, 4.69) is 4.99 Å². The number of fused-ring (bicyclic) bond motifs is 1. The maximum atomic E-state index is 8.54. The van der Waals surface area contributed by atoms with Crippen molar-refractivity contribution in [2.75, 3.05) is 0 Å². The van der Waals surface area contributed by atoms with Crippen LogP contribution in [0.25, 0.3) is 0 Å². The van der Waals surface area contributed by atoms with E-state index >= 15 is 0 Å². The summed E-state index contributed by atoms with van der Waals surface area (Å²) < 4.78 is 5.12. The third kappa shape index (κ3) is 0.926. The molecule has 3 heteroatoms. The molecule has 11 heavy (non-hydrogen) atoms. The first-order valence-electron chi connectivity index (χ1n) is 3.37. The van der Waals surface area contributed by atoms with Gasteiger partial charge in [0.2, 0.25) is 0 Å². The molecular weight excluding hydrogens is 140 g/mol. The Kier molecular flexibility index (Phi) is 1.26. The minimum atomic E-state index is -0.118. The van der Waals surface area contributed by atoms with Gasteiger partial charge >= 0.3 is 0 Å². The minimum Gasteiger partial charge on any atom is -0.476 e.